The summed E-state index contributed by atoms with van der Waals surface area (Å²) in [5, 5.41) is 5.05. The number of esters is 2. The quantitative estimate of drug-likeness (QED) is 0.125. The van der Waals surface area contributed by atoms with Gasteiger partial charge in [-0.1, -0.05) is 58.0 Å². The van der Waals surface area contributed by atoms with Gasteiger partial charge in [0.25, 0.3) is 0 Å². The maximum atomic E-state index is 13.4. The minimum Gasteiger partial charge on any atom is -0.456 e. The van der Waals surface area contributed by atoms with E-state index >= 15 is 0 Å². The van der Waals surface area contributed by atoms with Crippen LogP contribution in [-0.2, 0) is 38.1 Å². The molecule has 59 heavy (non-hydrogen) atoms. The number of ether oxygens (including phenoxy) is 4. The van der Waals surface area contributed by atoms with Crippen LogP contribution in [0.3, 0.4) is 0 Å². The number of Topliss-reactive ketones (excluding diaryl/α,β-unsaturated/α-hetero) is 2. The molecular formula is C41H49N5O12S. The molecular weight excluding hydrogens is 787 g/mol. The highest BCUT2D eigenvalue weighted by Crippen LogP contribution is 2.33. The molecule has 0 bridgehead atoms. The molecule has 3 heterocycles. The molecule has 1 aromatic heterocycles. The molecule has 2 aromatic carbocycles. The largest absolute Gasteiger partial charge is 0.456 e. The zero-order chi connectivity index (χ0) is 43.0. The van der Waals surface area contributed by atoms with E-state index < -0.39 is 84.9 Å². The molecule has 316 valence electrons. The van der Waals surface area contributed by atoms with Gasteiger partial charge in [0.1, 0.15) is 24.2 Å². The summed E-state index contributed by atoms with van der Waals surface area (Å²) >= 11 is 1.24. The smallest absolute Gasteiger partial charge is 0.407 e. The first-order valence-electron chi connectivity index (χ1n) is 19.3. The summed E-state index contributed by atoms with van der Waals surface area (Å²) in [6.45, 7) is 6.56. The minimum atomic E-state index is -0.909. The number of ketones is 2. The van der Waals surface area contributed by atoms with Gasteiger partial charge in [-0.05, 0) is 49.1 Å². The summed E-state index contributed by atoms with van der Waals surface area (Å²) in [6.07, 6.45) is 0.294. The number of nitrogens with one attached hydrogen (secondary N) is 2. The number of thiazole rings is 1. The van der Waals surface area contributed by atoms with E-state index in [2.05, 4.69) is 25.1 Å². The molecule has 0 unspecified atom stereocenters. The normalized spacial score (nSPS) is 17.4. The topological polar surface area (TPSA) is 217 Å². The van der Waals surface area contributed by atoms with Crippen molar-refractivity contribution < 1.29 is 57.3 Å². The van der Waals surface area contributed by atoms with Crippen LogP contribution >= 0.6 is 11.3 Å². The molecule has 5 rings (SSSR count). The Morgan fingerprint density at radius 3 is 1.68 bits per heavy atom. The van der Waals surface area contributed by atoms with Crippen molar-refractivity contribution in [2.24, 2.45) is 11.8 Å². The number of aromatic nitrogens is 1. The number of fused-ring (bicyclic) bond motifs is 1. The maximum absolute atomic E-state index is 13.4. The van der Waals surface area contributed by atoms with Crippen LogP contribution in [0.2, 0.25) is 0 Å². The average molecular weight is 836 g/mol. The number of hydrogen-bond acceptors (Lipinski definition) is 14. The average Bonchev–Trinajstić information content (AvgIpc) is 4.04. The van der Waals surface area contributed by atoms with Gasteiger partial charge in [0, 0.05) is 29.8 Å². The molecule has 2 aliphatic rings. The van der Waals surface area contributed by atoms with E-state index in [1.54, 1.807) is 69.6 Å². The van der Waals surface area contributed by atoms with Crippen LogP contribution in [0, 0.1) is 11.8 Å². The van der Waals surface area contributed by atoms with Crippen molar-refractivity contribution in [3.8, 4) is 11.1 Å². The Bertz CT molecular complexity index is 2080. The highest BCUT2D eigenvalue weighted by atomic mass is 32.1. The first-order chi connectivity index (χ1) is 28.2. The summed E-state index contributed by atoms with van der Waals surface area (Å²) in [5.41, 5.74) is 4.10. The zero-order valence-electron chi connectivity index (χ0n) is 33.8. The van der Waals surface area contributed by atoms with Crippen molar-refractivity contribution in [1.29, 1.82) is 0 Å². The lowest BCUT2D eigenvalue weighted by molar-refractivity contribution is -0.153. The molecule has 0 spiro atoms. The number of rotatable bonds is 15. The van der Waals surface area contributed by atoms with Crippen LogP contribution in [0.15, 0.2) is 41.9 Å². The maximum Gasteiger partial charge on any atom is 0.407 e. The van der Waals surface area contributed by atoms with Gasteiger partial charge < -0.3 is 39.4 Å². The highest BCUT2D eigenvalue weighted by Gasteiger charge is 2.41. The van der Waals surface area contributed by atoms with E-state index in [1.165, 1.54) is 35.4 Å². The molecule has 0 aliphatic carbocycles. The van der Waals surface area contributed by atoms with Gasteiger partial charge >= 0.3 is 24.1 Å². The second-order valence-corrected chi connectivity index (χ2v) is 15.8. The Morgan fingerprint density at radius 1 is 0.712 bits per heavy atom. The second kappa shape index (κ2) is 19.7. The van der Waals surface area contributed by atoms with Crippen LogP contribution in [0.1, 0.15) is 74.1 Å². The second-order valence-electron chi connectivity index (χ2n) is 14.9. The van der Waals surface area contributed by atoms with E-state index in [4.69, 9.17) is 9.47 Å². The Labute approximate surface area is 345 Å². The standard InChI is InChI=1S/C41H49N5O12S/c1-22(2)32(43-40(53)55-5)36(49)45-17-7-9-28(45)38(51)57-19-30(47)25-13-11-24(12-14-25)26-15-16-27(35-34(26)42-21-59-35)31(48)20-58-39(52)29-10-8-18-46(29)37(50)33(23(3)4)44-41(54)56-6/h11-16,21-23,28-29,32-33H,7-10,17-20H2,1-6H3,(H,43,53)(H,44,54)/t28-,29-,32-,33-/m0/s1. The van der Waals surface area contributed by atoms with Gasteiger partial charge in [-0.3, -0.25) is 19.2 Å². The van der Waals surface area contributed by atoms with Crippen molar-refractivity contribution in [2.75, 3.05) is 40.5 Å². The molecule has 4 amide bonds. The summed E-state index contributed by atoms with van der Waals surface area (Å²) in [6, 6.07) is 6.32. The molecule has 3 aromatic rings. The van der Waals surface area contributed by atoms with E-state index in [9.17, 15) is 38.4 Å². The molecule has 0 saturated carbocycles. The fourth-order valence-electron chi connectivity index (χ4n) is 7.17. The fourth-order valence-corrected chi connectivity index (χ4v) is 8.02. The van der Waals surface area contributed by atoms with Crippen molar-refractivity contribution in [1.82, 2.24) is 25.4 Å². The lowest BCUT2D eigenvalue weighted by Crippen LogP contribution is -2.54. The number of alkyl carbamates (subject to hydrolysis) is 2. The van der Waals surface area contributed by atoms with E-state index in [0.29, 0.717) is 65.7 Å². The first-order valence-corrected chi connectivity index (χ1v) is 20.2. The Morgan fingerprint density at radius 2 is 1.20 bits per heavy atom. The SMILES string of the molecule is COC(=O)N[C@H](C(=O)N1CCC[C@H]1C(=O)OCC(=O)c1ccc(-c2ccc(C(=O)COC(=O)[C@@H]3CCCN3C(=O)[C@@H](NC(=O)OC)C(C)C)c3scnc23)cc1)C(C)C. The molecule has 18 heteroatoms. The summed E-state index contributed by atoms with van der Waals surface area (Å²) in [5.74, 6) is -3.76. The van der Waals surface area contributed by atoms with Gasteiger partial charge in [-0.15, -0.1) is 11.3 Å². The number of carbonyl (C=O) groups excluding carboxylic acids is 8. The van der Waals surface area contributed by atoms with Gasteiger partial charge in [-0.25, -0.2) is 24.2 Å². The van der Waals surface area contributed by atoms with Crippen molar-refractivity contribution in [2.45, 2.75) is 77.5 Å². The number of benzene rings is 2. The number of hydrogen-bond donors (Lipinski definition) is 2. The van der Waals surface area contributed by atoms with Crippen LogP contribution in [0.25, 0.3) is 21.3 Å². The molecule has 2 saturated heterocycles. The van der Waals surface area contributed by atoms with E-state index in [1.807, 2.05) is 0 Å². The van der Waals surface area contributed by atoms with Crippen molar-refractivity contribution in [3.63, 3.8) is 0 Å². The third-order valence-electron chi connectivity index (χ3n) is 10.4. The van der Waals surface area contributed by atoms with E-state index in [0.717, 1.165) is 0 Å². The number of amides is 4. The van der Waals surface area contributed by atoms with Gasteiger partial charge in [-0.2, -0.15) is 0 Å². The van der Waals surface area contributed by atoms with Crippen LogP contribution < -0.4 is 10.6 Å². The Kier molecular flexibility index (Phi) is 14.8. The number of carbonyl (C=O) groups is 8. The van der Waals surface area contributed by atoms with Crippen molar-refractivity contribution >= 4 is 69.1 Å². The first kappa shape index (κ1) is 44.2. The molecule has 4 atom stereocenters. The zero-order valence-corrected chi connectivity index (χ0v) is 34.6. The molecule has 2 aliphatic heterocycles. The minimum absolute atomic E-state index is 0.273. The molecule has 2 fully saturated rings. The van der Waals surface area contributed by atoms with Gasteiger partial charge in [0.2, 0.25) is 17.6 Å². The van der Waals surface area contributed by atoms with Crippen LogP contribution in [0.5, 0.6) is 0 Å². The fraction of sp³-hybridized carbons (Fsp3) is 0.488. The number of methoxy groups -OCH3 is 2. The molecule has 17 nitrogen and oxygen atoms in total. The Hall–Kier alpha value is -5.91. The van der Waals surface area contributed by atoms with Crippen LogP contribution in [0.4, 0.5) is 9.59 Å². The van der Waals surface area contributed by atoms with Crippen LogP contribution in [-0.4, -0.2) is 127 Å². The lowest BCUT2D eigenvalue weighted by Gasteiger charge is -2.29. The summed E-state index contributed by atoms with van der Waals surface area (Å²) in [4.78, 5) is 110. The highest BCUT2D eigenvalue weighted by molar-refractivity contribution is 7.17. The third kappa shape index (κ3) is 10.2. The van der Waals surface area contributed by atoms with E-state index in [-0.39, 0.29) is 17.4 Å². The predicted molar refractivity (Wildman–Crippen MR) is 213 cm³/mol. The van der Waals surface area contributed by atoms with Gasteiger partial charge in [0.05, 0.1) is 29.9 Å². The van der Waals surface area contributed by atoms with Gasteiger partial charge in [0.15, 0.2) is 19.0 Å². The predicted octanol–water partition coefficient (Wildman–Crippen LogP) is 4.16. The molecule has 0 radical (unpaired) electrons. The third-order valence-corrected chi connectivity index (χ3v) is 11.3. The molecule has 2 N–H and O–H groups in total. The summed E-state index contributed by atoms with van der Waals surface area (Å²) in [7, 11) is 2.39. The summed E-state index contributed by atoms with van der Waals surface area (Å²) < 4.78 is 20.7. The number of nitrogens with zero attached hydrogens (tertiary/aromatic N) is 3. The monoisotopic (exact) mass is 835 g/mol. The lowest BCUT2D eigenvalue weighted by atomic mass is 9.99. The van der Waals surface area contributed by atoms with Crippen molar-refractivity contribution in [3.05, 3.63) is 53.0 Å². The number of likely N-dealkylation sites (tertiary alicyclic amines) is 2. The Balaban J connectivity index is 1.19.